The zero-order chi connectivity index (χ0) is 14.8. The van der Waals surface area contributed by atoms with Gasteiger partial charge in [0, 0.05) is 21.9 Å². The van der Waals surface area contributed by atoms with Crippen molar-refractivity contribution in [1.29, 1.82) is 0 Å². The molecule has 2 N–H and O–H groups in total. The number of halogens is 2. The van der Waals surface area contributed by atoms with Crippen molar-refractivity contribution >= 4 is 11.3 Å². The van der Waals surface area contributed by atoms with Gasteiger partial charge in [0.1, 0.15) is 11.6 Å². The van der Waals surface area contributed by atoms with E-state index in [2.05, 4.69) is 6.07 Å². The maximum atomic E-state index is 13.2. The highest BCUT2D eigenvalue weighted by Crippen LogP contribution is 2.32. The van der Waals surface area contributed by atoms with Crippen LogP contribution < -0.4 is 5.73 Å². The molecule has 1 unspecified atom stereocenters. The Balaban J connectivity index is 1.77. The number of rotatable bonds is 3. The standard InChI is InChI=1S/C17H19F2NS/c18-13-6-11(7-14(19)10-13)8-15(20)17-9-12-4-2-1-3-5-16(12)21-17/h6-7,9-10,15H,1-5,8,20H2. The molecule has 0 saturated heterocycles. The van der Waals surface area contributed by atoms with E-state index in [0.29, 0.717) is 12.0 Å². The molecule has 0 spiro atoms. The van der Waals surface area contributed by atoms with Gasteiger partial charge in [0.05, 0.1) is 0 Å². The number of hydrogen-bond acceptors (Lipinski definition) is 2. The van der Waals surface area contributed by atoms with Crippen LogP contribution in [-0.4, -0.2) is 0 Å². The number of benzene rings is 1. The van der Waals surface area contributed by atoms with E-state index in [9.17, 15) is 8.78 Å². The molecule has 0 amide bonds. The largest absolute Gasteiger partial charge is 0.323 e. The molecule has 1 atom stereocenters. The van der Waals surface area contributed by atoms with Crippen molar-refractivity contribution in [2.24, 2.45) is 5.73 Å². The van der Waals surface area contributed by atoms with Gasteiger partial charge in [-0.1, -0.05) is 6.42 Å². The summed E-state index contributed by atoms with van der Waals surface area (Å²) in [5.74, 6) is -1.08. The average molecular weight is 307 g/mol. The smallest absolute Gasteiger partial charge is 0.126 e. The Morgan fingerprint density at radius 1 is 1.00 bits per heavy atom. The van der Waals surface area contributed by atoms with Gasteiger partial charge in [0.2, 0.25) is 0 Å². The molecule has 1 nitrogen and oxygen atoms in total. The van der Waals surface area contributed by atoms with E-state index >= 15 is 0 Å². The van der Waals surface area contributed by atoms with E-state index in [1.54, 1.807) is 11.3 Å². The first-order valence-corrected chi connectivity index (χ1v) is 8.25. The molecule has 2 aromatic rings. The molecule has 1 aliphatic rings. The van der Waals surface area contributed by atoms with Crippen LogP contribution in [0.5, 0.6) is 0 Å². The molecule has 0 aliphatic heterocycles. The normalized spacial score (nSPS) is 16.3. The van der Waals surface area contributed by atoms with E-state index in [1.165, 1.54) is 41.8 Å². The van der Waals surface area contributed by atoms with Crippen LogP contribution in [0.25, 0.3) is 0 Å². The first kappa shape index (κ1) is 14.7. The fourth-order valence-electron chi connectivity index (χ4n) is 2.96. The molecule has 0 radical (unpaired) electrons. The molecule has 3 rings (SSSR count). The minimum absolute atomic E-state index is 0.192. The Morgan fingerprint density at radius 3 is 2.48 bits per heavy atom. The SMILES string of the molecule is NC(Cc1cc(F)cc(F)c1)c1cc2c(s1)CCCCC2. The van der Waals surface area contributed by atoms with Gasteiger partial charge in [-0.05, 0) is 61.4 Å². The summed E-state index contributed by atoms with van der Waals surface area (Å²) in [6, 6.07) is 5.62. The Labute approximate surface area is 127 Å². The molecule has 1 heterocycles. The molecule has 0 saturated carbocycles. The van der Waals surface area contributed by atoms with E-state index in [4.69, 9.17) is 5.73 Å². The van der Waals surface area contributed by atoms with Crippen LogP contribution in [0.1, 0.15) is 46.2 Å². The third-order valence-electron chi connectivity index (χ3n) is 4.01. The van der Waals surface area contributed by atoms with Crippen LogP contribution >= 0.6 is 11.3 Å². The molecule has 1 aliphatic carbocycles. The van der Waals surface area contributed by atoms with E-state index < -0.39 is 11.6 Å². The second kappa shape index (κ2) is 6.24. The van der Waals surface area contributed by atoms with Crippen molar-refractivity contribution in [3.63, 3.8) is 0 Å². The van der Waals surface area contributed by atoms with Crippen molar-refractivity contribution in [2.75, 3.05) is 0 Å². The summed E-state index contributed by atoms with van der Waals surface area (Å²) in [5.41, 5.74) is 8.28. The summed E-state index contributed by atoms with van der Waals surface area (Å²) in [6.07, 6.45) is 6.53. The quantitative estimate of drug-likeness (QED) is 0.828. The number of thiophene rings is 1. The predicted octanol–water partition coefficient (Wildman–Crippen LogP) is 4.54. The second-order valence-corrected chi connectivity index (χ2v) is 6.91. The van der Waals surface area contributed by atoms with Crippen LogP contribution in [-0.2, 0) is 19.3 Å². The second-order valence-electron chi connectivity index (χ2n) is 5.75. The molecule has 112 valence electrons. The lowest BCUT2D eigenvalue weighted by molar-refractivity contribution is 0.577. The molecular weight excluding hydrogens is 288 g/mol. The summed E-state index contributed by atoms with van der Waals surface area (Å²) in [6.45, 7) is 0. The van der Waals surface area contributed by atoms with Gasteiger partial charge in [-0.15, -0.1) is 11.3 Å². The van der Waals surface area contributed by atoms with Gasteiger partial charge in [0.25, 0.3) is 0 Å². The van der Waals surface area contributed by atoms with E-state index in [1.807, 2.05) is 0 Å². The van der Waals surface area contributed by atoms with Crippen LogP contribution in [0.4, 0.5) is 8.78 Å². The lowest BCUT2D eigenvalue weighted by atomic mass is 10.0. The zero-order valence-corrected chi connectivity index (χ0v) is 12.7. The number of hydrogen-bond donors (Lipinski definition) is 1. The van der Waals surface area contributed by atoms with Crippen LogP contribution in [0.15, 0.2) is 24.3 Å². The van der Waals surface area contributed by atoms with E-state index in [-0.39, 0.29) is 6.04 Å². The minimum atomic E-state index is -0.542. The van der Waals surface area contributed by atoms with Crippen molar-refractivity contribution in [3.05, 3.63) is 56.8 Å². The van der Waals surface area contributed by atoms with Gasteiger partial charge in [-0.2, -0.15) is 0 Å². The van der Waals surface area contributed by atoms with E-state index in [0.717, 1.165) is 23.8 Å². The summed E-state index contributed by atoms with van der Waals surface area (Å²) in [4.78, 5) is 2.58. The van der Waals surface area contributed by atoms with Gasteiger partial charge >= 0.3 is 0 Å². The van der Waals surface area contributed by atoms with Gasteiger partial charge < -0.3 is 5.73 Å². The van der Waals surface area contributed by atoms with Crippen LogP contribution in [0, 0.1) is 11.6 Å². The van der Waals surface area contributed by atoms with Crippen molar-refractivity contribution < 1.29 is 8.78 Å². The molecule has 4 heteroatoms. The number of nitrogens with two attached hydrogens (primary N) is 1. The van der Waals surface area contributed by atoms with Crippen molar-refractivity contribution in [3.8, 4) is 0 Å². The first-order valence-electron chi connectivity index (χ1n) is 7.44. The maximum absolute atomic E-state index is 13.2. The van der Waals surface area contributed by atoms with Crippen molar-refractivity contribution in [2.45, 2.75) is 44.6 Å². The molecule has 0 fully saturated rings. The minimum Gasteiger partial charge on any atom is -0.323 e. The lowest BCUT2D eigenvalue weighted by Crippen LogP contribution is -2.12. The predicted molar refractivity (Wildman–Crippen MR) is 82.6 cm³/mol. The highest BCUT2D eigenvalue weighted by molar-refractivity contribution is 7.12. The fourth-order valence-corrected chi connectivity index (χ4v) is 4.22. The topological polar surface area (TPSA) is 26.0 Å². The average Bonchev–Trinajstić information content (AvgIpc) is 2.69. The Hall–Kier alpha value is -1.26. The molecule has 0 bridgehead atoms. The third kappa shape index (κ3) is 3.50. The summed E-state index contributed by atoms with van der Waals surface area (Å²) in [7, 11) is 0. The van der Waals surface area contributed by atoms with Gasteiger partial charge in [-0.3, -0.25) is 0 Å². The first-order chi connectivity index (χ1) is 10.1. The molecule has 1 aromatic heterocycles. The molecule has 1 aromatic carbocycles. The lowest BCUT2D eigenvalue weighted by Gasteiger charge is -2.10. The monoisotopic (exact) mass is 307 g/mol. The Kier molecular flexibility index (Phi) is 4.36. The number of fused-ring (bicyclic) bond motifs is 1. The van der Waals surface area contributed by atoms with Crippen LogP contribution in [0.2, 0.25) is 0 Å². The summed E-state index contributed by atoms with van der Waals surface area (Å²) < 4.78 is 26.5. The zero-order valence-electron chi connectivity index (χ0n) is 11.9. The summed E-state index contributed by atoms with van der Waals surface area (Å²) in [5, 5.41) is 0. The highest BCUT2D eigenvalue weighted by Gasteiger charge is 2.17. The van der Waals surface area contributed by atoms with Crippen molar-refractivity contribution in [1.82, 2.24) is 0 Å². The van der Waals surface area contributed by atoms with Gasteiger partial charge in [-0.25, -0.2) is 8.78 Å². The van der Waals surface area contributed by atoms with Crippen LogP contribution in [0.3, 0.4) is 0 Å². The van der Waals surface area contributed by atoms with Gasteiger partial charge in [0.15, 0.2) is 0 Å². The fraction of sp³-hybridized carbons (Fsp3) is 0.412. The highest BCUT2D eigenvalue weighted by atomic mass is 32.1. The Bertz CT molecular complexity index is 592. The molecule has 21 heavy (non-hydrogen) atoms. The number of aryl methyl sites for hydroxylation is 2. The summed E-state index contributed by atoms with van der Waals surface area (Å²) >= 11 is 1.77. The Morgan fingerprint density at radius 2 is 1.71 bits per heavy atom. The third-order valence-corrected chi connectivity index (χ3v) is 5.38. The maximum Gasteiger partial charge on any atom is 0.126 e. The molecular formula is C17H19F2NS.